The summed E-state index contributed by atoms with van der Waals surface area (Å²) in [6.07, 6.45) is 3.71. The van der Waals surface area contributed by atoms with Crippen molar-refractivity contribution < 1.29 is 0 Å². The minimum absolute atomic E-state index is 0.906. The third-order valence-corrected chi connectivity index (χ3v) is 3.20. The summed E-state index contributed by atoms with van der Waals surface area (Å²) in [5, 5.41) is 11.0. The molecule has 21 heavy (non-hydrogen) atoms. The summed E-state index contributed by atoms with van der Waals surface area (Å²) in [4.78, 5) is 4.11. The van der Waals surface area contributed by atoms with Crippen LogP contribution in [0.2, 0.25) is 0 Å². The highest BCUT2D eigenvalue weighted by atomic mass is 15.3. The summed E-state index contributed by atoms with van der Waals surface area (Å²) < 4.78 is 1.91. The largest absolute Gasteiger partial charge is 0.393 e. The number of para-hydroxylation sites is 1. The van der Waals surface area contributed by atoms with Gasteiger partial charge in [-0.15, -0.1) is 0 Å². The lowest BCUT2D eigenvalue weighted by Crippen LogP contribution is -2.03. The van der Waals surface area contributed by atoms with Crippen LogP contribution in [0.15, 0.2) is 41.5 Å². The Kier molecular flexibility index (Phi) is 4.77. The SMILES string of the molecule is C/N=C\C(=C/NC)c1nn(-c2ccccc2)c(NC)c1C. The smallest absolute Gasteiger partial charge is 0.133 e. The standard InChI is InChI=1S/C16H21N5/c1-12-15(13(10-17-2)11-18-3)20-21(16(12)19-4)14-8-6-5-7-9-14/h5-11,17,19H,1-4H3/b13-10+,18-11-. The second-order valence-electron chi connectivity index (χ2n) is 4.60. The molecule has 2 aromatic rings. The first-order valence-corrected chi connectivity index (χ1v) is 6.85. The van der Waals surface area contributed by atoms with Crippen LogP contribution in [0.4, 0.5) is 5.82 Å². The maximum atomic E-state index is 4.74. The summed E-state index contributed by atoms with van der Waals surface area (Å²) in [7, 11) is 5.53. The third-order valence-electron chi connectivity index (χ3n) is 3.20. The van der Waals surface area contributed by atoms with Crippen molar-refractivity contribution in [2.75, 3.05) is 26.5 Å². The zero-order valence-electron chi connectivity index (χ0n) is 12.9. The minimum atomic E-state index is 0.906. The second-order valence-corrected chi connectivity index (χ2v) is 4.60. The predicted molar refractivity (Wildman–Crippen MR) is 89.3 cm³/mol. The van der Waals surface area contributed by atoms with Crippen LogP contribution in [0.1, 0.15) is 11.3 Å². The molecule has 0 saturated heterocycles. The van der Waals surface area contributed by atoms with E-state index in [-0.39, 0.29) is 0 Å². The molecule has 0 aliphatic rings. The lowest BCUT2D eigenvalue weighted by Gasteiger charge is -2.06. The topological polar surface area (TPSA) is 54.2 Å². The van der Waals surface area contributed by atoms with Gasteiger partial charge in [0.1, 0.15) is 11.5 Å². The molecule has 0 saturated carbocycles. The Bertz CT molecular complexity index is 653. The minimum Gasteiger partial charge on any atom is -0.393 e. The average Bonchev–Trinajstić information content (AvgIpc) is 2.84. The van der Waals surface area contributed by atoms with E-state index in [1.54, 1.807) is 13.3 Å². The van der Waals surface area contributed by atoms with E-state index >= 15 is 0 Å². The van der Waals surface area contributed by atoms with Crippen molar-refractivity contribution in [2.45, 2.75) is 6.92 Å². The first-order chi connectivity index (χ1) is 10.2. The van der Waals surface area contributed by atoms with Crippen LogP contribution >= 0.6 is 0 Å². The van der Waals surface area contributed by atoms with Crippen molar-refractivity contribution >= 4 is 17.6 Å². The number of allylic oxidation sites excluding steroid dienone is 1. The molecule has 0 aliphatic heterocycles. The Labute approximate surface area is 125 Å². The normalized spacial score (nSPS) is 11.9. The number of nitrogens with one attached hydrogen (secondary N) is 2. The molecule has 0 bridgehead atoms. The fourth-order valence-corrected chi connectivity index (χ4v) is 2.28. The number of hydrogen-bond donors (Lipinski definition) is 2. The second kappa shape index (κ2) is 6.74. The van der Waals surface area contributed by atoms with Gasteiger partial charge in [0.2, 0.25) is 0 Å². The van der Waals surface area contributed by atoms with Gasteiger partial charge in [-0.2, -0.15) is 5.10 Å². The molecule has 0 amide bonds. The van der Waals surface area contributed by atoms with Crippen LogP contribution in [0.5, 0.6) is 0 Å². The van der Waals surface area contributed by atoms with E-state index in [1.807, 2.05) is 55.3 Å². The summed E-state index contributed by atoms with van der Waals surface area (Å²) in [6, 6.07) is 10.1. The molecule has 0 unspecified atom stereocenters. The molecule has 2 rings (SSSR count). The Hall–Kier alpha value is -2.56. The number of rotatable bonds is 5. The van der Waals surface area contributed by atoms with E-state index in [9.17, 15) is 0 Å². The van der Waals surface area contributed by atoms with Gasteiger partial charge in [0.05, 0.1) is 5.69 Å². The van der Waals surface area contributed by atoms with Crippen LogP contribution in [0, 0.1) is 6.92 Å². The highest BCUT2D eigenvalue weighted by Crippen LogP contribution is 2.26. The molecular formula is C16H21N5. The van der Waals surface area contributed by atoms with Crippen molar-refractivity contribution in [1.82, 2.24) is 15.1 Å². The molecule has 1 aromatic heterocycles. The molecule has 1 aromatic carbocycles. The lowest BCUT2D eigenvalue weighted by molar-refractivity contribution is 0.879. The molecule has 0 fully saturated rings. The molecule has 5 heteroatoms. The molecule has 110 valence electrons. The summed E-state index contributed by atoms with van der Waals surface area (Å²) in [5.74, 6) is 0.975. The van der Waals surface area contributed by atoms with E-state index in [1.165, 1.54) is 0 Å². The first kappa shape index (κ1) is 14.8. The van der Waals surface area contributed by atoms with Crippen molar-refractivity contribution in [2.24, 2.45) is 4.99 Å². The van der Waals surface area contributed by atoms with E-state index in [4.69, 9.17) is 5.10 Å². The Balaban J connectivity index is 2.60. The van der Waals surface area contributed by atoms with Gasteiger partial charge in [-0.05, 0) is 19.1 Å². The monoisotopic (exact) mass is 283 g/mol. The fourth-order valence-electron chi connectivity index (χ4n) is 2.28. The average molecular weight is 283 g/mol. The first-order valence-electron chi connectivity index (χ1n) is 6.85. The van der Waals surface area contributed by atoms with Crippen LogP contribution < -0.4 is 10.6 Å². The molecule has 5 nitrogen and oxygen atoms in total. The number of nitrogens with zero attached hydrogens (tertiary/aromatic N) is 3. The maximum Gasteiger partial charge on any atom is 0.133 e. The maximum absolute atomic E-state index is 4.74. The van der Waals surface area contributed by atoms with Crippen LogP contribution in [-0.2, 0) is 0 Å². The van der Waals surface area contributed by atoms with Gasteiger partial charge >= 0.3 is 0 Å². The molecule has 0 spiro atoms. The van der Waals surface area contributed by atoms with E-state index < -0.39 is 0 Å². The van der Waals surface area contributed by atoms with E-state index in [0.717, 1.165) is 28.3 Å². The number of anilines is 1. The summed E-state index contributed by atoms with van der Waals surface area (Å²) >= 11 is 0. The van der Waals surface area contributed by atoms with Crippen LogP contribution in [0.25, 0.3) is 11.3 Å². The van der Waals surface area contributed by atoms with Gasteiger partial charge in [-0.3, -0.25) is 4.99 Å². The Morgan fingerprint density at radius 3 is 2.52 bits per heavy atom. The zero-order chi connectivity index (χ0) is 15.2. The summed E-state index contributed by atoms with van der Waals surface area (Å²) in [6.45, 7) is 2.06. The molecular weight excluding hydrogens is 262 g/mol. The number of benzene rings is 1. The molecule has 0 radical (unpaired) electrons. The van der Waals surface area contributed by atoms with Crippen molar-refractivity contribution in [1.29, 1.82) is 0 Å². The van der Waals surface area contributed by atoms with Crippen molar-refractivity contribution in [3.8, 4) is 5.69 Å². The molecule has 0 aliphatic carbocycles. The molecule has 1 heterocycles. The zero-order valence-corrected chi connectivity index (χ0v) is 12.9. The predicted octanol–water partition coefficient (Wildman–Crippen LogP) is 2.48. The Morgan fingerprint density at radius 2 is 1.95 bits per heavy atom. The van der Waals surface area contributed by atoms with Gasteiger partial charge in [-0.25, -0.2) is 4.68 Å². The van der Waals surface area contributed by atoms with Gasteiger partial charge < -0.3 is 10.6 Å². The summed E-state index contributed by atoms with van der Waals surface area (Å²) in [5.41, 5.74) is 3.96. The van der Waals surface area contributed by atoms with E-state index in [2.05, 4.69) is 22.5 Å². The van der Waals surface area contributed by atoms with Gasteiger partial charge in [0.15, 0.2) is 0 Å². The van der Waals surface area contributed by atoms with Crippen molar-refractivity contribution in [3.63, 3.8) is 0 Å². The lowest BCUT2D eigenvalue weighted by atomic mass is 10.1. The Morgan fingerprint density at radius 1 is 1.24 bits per heavy atom. The van der Waals surface area contributed by atoms with Crippen LogP contribution in [-0.4, -0.2) is 37.1 Å². The third kappa shape index (κ3) is 2.97. The van der Waals surface area contributed by atoms with Gasteiger partial charge in [0, 0.05) is 44.7 Å². The number of hydrogen-bond acceptors (Lipinski definition) is 4. The number of aliphatic imine (C=N–C) groups is 1. The molecule has 0 atom stereocenters. The van der Waals surface area contributed by atoms with Gasteiger partial charge in [-0.1, -0.05) is 18.2 Å². The quantitative estimate of drug-likeness (QED) is 0.829. The van der Waals surface area contributed by atoms with Crippen molar-refractivity contribution in [3.05, 3.63) is 47.8 Å². The van der Waals surface area contributed by atoms with Gasteiger partial charge in [0.25, 0.3) is 0 Å². The fraction of sp³-hybridized carbons (Fsp3) is 0.250. The molecule has 2 N–H and O–H groups in total. The van der Waals surface area contributed by atoms with E-state index in [0.29, 0.717) is 0 Å². The highest BCUT2D eigenvalue weighted by Gasteiger charge is 2.16. The number of aromatic nitrogens is 2. The highest BCUT2D eigenvalue weighted by molar-refractivity contribution is 6.09. The van der Waals surface area contributed by atoms with Crippen LogP contribution in [0.3, 0.4) is 0 Å².